The lowest BCUT2D eigenvalue weighted by molar-refractivity contribution is 0.0686. The van der Waals surface area contributed by atoms with Crippen molar-refractivity contribution in [3.63, 3.8) is 0 Å². The number of carboxylic acids is 1. The van der Waals surface area contributed by atoms with E-state index in [0.717, 1.165) is 5.56 Å². The largest absolute Gasteiger partial charge is 0.476 e. The maximum absolute atomic E-state index is 11.1. The Morgan fingerprint density at radius 3 is 2.83 bits per heavy atom. The Balaban J connectivity index is 2.16. The summed E-state index contributed by atoms with van der Waals surface area (Å²) in [6.07, 6.45) is 1.53. The Kier molecular flexibility index (Phi) is 3.32. The van der Waals surface area contributed by atoms with Gasteiger partial charge in [0.1, 0.15) is 0 Å². The SMILES string of the molecule is Cc1ccccc1CNc1cnn(C)c1C(=O)O. The average molecular weight is 245 g/mol. The summed E-state index contributed by atoms with van der Waals surface area (Å²) >= 11 is 0. The van der Waals surface area contributed by atoms with Gasteiger partial charge in [-0.3, -0.25) is 4.68 Å². The fraction of sp³-hybridized carbons (Fsp3) is 0.231. The van der Waals surface area contributed by atoms with Crippen molar-refractivity contribution in [1.29, 1.82) is 0 Å². The van der Waals surface area contributed by atoms with Crippen molar-refractivity contribution in [2.45, 2.75) is 13.5 Å². The standard InChI is InChI=1S/C13H15N3O2/c1-9-5-3-4-6-10(9)7-14-11-8-15-16(2)12(11)13(17)18/h3-6,8,14H,7H2,1-2H3,(H,17,18). The number of nitrogens with one attached hydrogen (secondary N) is 1. The average Bonchev–Trinajstić information content (AvgIpc) is 2.69. The first-order chi connectivity index (χ1) is 8.59. The second-order valence-electron chi connectivity index (χ2n) is 4.12. The quantitative estimate of drug-likeness (QED) is 0.865. The molecule has 0 fully saturated rings. The first-order valence-electron chi connectivity index (χ1n) is 5.63. The highest BCUT2D eigenvalue weighted by molar-refractivity contribution is 5.92. The van der Waals surface area contributed by atoms with E-state index in [4.69, 9.17) is 5.11 Å². The summed E-state index contributed by atoms with van der Waals surface area (Å²) in [6.45, 7) is 2.61. The highest BCUT2D eigenvalue weighted by Gasteiger charge is 2.15. The van der Waals surface area contributed by atoms with Gasteiger partial charge in [0.2, 0.25) is 0 Å². The molecule has 1 heterocycles. The molecule has 0 radical (unpaired) electrons. The molecule has 2 aromatic rings. The maximum Gasteiger partial charge on any atom is 0.356 e. The predicted octanol–water partition coefficient (Wildman–Crippen LogP) is 2.04. The summed E-state index contributed by atoms with van der Waals surface area (Å²) in [5.41, 5.74) is 3.01. The molecule has 0 unspecified atom stereocenters. The van der Waals surface area contributed by atoms with Crippen molar-refractivity contribution in [3.8, 4) is 0 Å². The molecule has 1 aromatic carbocycles. The maximum atomic E-state index is 11.1. The molecule has 0 bridgehead atoms. The molecule has 94 valence electrons. The van der Waals surface area contributed by atoms with Crippen molar-refractivity contribution in [1.82, 2.24) is 9.78 Å². The van der Waals surface area contributed by atoms with Crippen LogP contribution in [0.1, 0.15) is 21.6 Å². The number of aromatic carboxylic acids is 1. The van der Waals surface area contributed by atoms with Crippen molar-refractivity contribution in [3.05, 3.63) is 47.3 Å². The van der Waals surface area contributed by atoms with Gasteiger partial charge >= 0.3 is 5.97 Å². The Hall–Kier alpha value is -2.30. The molecule has 0 atom stereocenters. The Labute approximate surface area is 105 Å². The van der Waals surface area contributed by atoms with Crippen molar-refractivity contribution >= 4 is 11.7 Å². The Bertz CT molecular complexity index is 575. The summed E-state index contributed by atoms with van der Waals surface area (Å²) in [5, 5.41) is 16.1. The molecule has 0 spiro atoms. The highest BCUT2D eigenvalue weighted by atomic mass is 16.4. The van der Waals surface area contributed by atoms with Gasteiger partial charge in [-0.05, 0) is 18.1 Å². The van der Waals surface area contributed by atoms with Crippen LogP contribution in [-0.4, -0.2) is 20.9 Å². The first-order valence-corrected chi connectivity index (χ1v) is 5.63. The summed E-state index contributed by atoms with van der Waals surface area (Å²) in [7, 11) is 1.61. The number of anilines is 1. The van der Waals surface area contributed by atoms with Crippen LogP contribution in [0.15, 0.2) is 30.5 Å². The molecule has 18 heavy (non-hydrogen) atoms. The number of rotatable bonds is 4. The van der Waals surface area contributed by atoms with E-state index in [-0.39, 0.29) is 5.69 Å². The Morgan fingerprint density at radius 2 is 2.17 bits per heavy atom. The van der Waals surface area contributed by atoms with Gasteiger partial charge in [0, 0.05) is 13.6 Å². The fourth-order valence-electron chi connectivity index (χ4n) is 1.82. The van der Waals surface area contributed by atoms with Crippen LogP contribution in [0.4, 0.5) is 5.69 Å². The fourth-order valence-corrected chi connectivity index (χ4v) is 1.82. The van der Waals surface area contributed by atoms with E-state index in [2.05, 4.69) is 10.4 Å². The van der Waals surface area contributed by atoms with Gasteiger partial charge in [-0.25, -0.2) is 4.79 Å². The number of aryl methyl sites for hydroxylation is 2. The first kappa shape index (κ1) is 12.2. The molecule has 5 heteroatoms. The van der Waals surface area contributed by atoms with Crippen LogP contribution in [0.3, 0.4) is 0 Å². The Morgan fingerprint density at radius 1 is 1.44 bits per heavy atom. The van der Waals surface area contributed by atoms with Crippen LogP contribution in [0.25, 0.3) is 0 Å². The topological polar surface area (TPSA) is 67.2 Å². The van der Waals surface area contributed by atoms with Gasteiger partial charge in [0.15, 0.2) is 5.69 Å². The van der Waals surface area contributed by atoms with Gasteiger partial charge in [-0.2, -0.15) is 5.10 Å². The minimum atomic E-state index is -0.984. The van der Waals surface area contributed by atoms with E-state index in [1.54, 1.807) is 7.05 Å². The number of aromatic nitrogens is 2. The number of carboxylic acid groups (broad SMARTS) is 1. The van der Waals surface area contributed by atoms with Crippen molar-refractivity contribution in [2.24, 2.45) is 7.05 Å². The zero-order valence-corrected chi connectivity index (χ0v) is 10.3. The number of hydrogen-bond acceptors (Lipinski definition) is 3. The van der Waals surface area contributed by atoms with Crippen LogP contribution in [0.2, 0.25) is 0 Å². The summed E-state index contributed by atoms with van der Waals surface area (Å²) in [6, 6.07) is 7.98. The number of hydrogen-bond donors (Lipinski definition) is 2. The summed E-state index contributed by atoms with van der Waals surface area (Å²) in [4.78, 5) is 11.1. The van der Waals surface area contributed by atoms with Crippen LogP contribution in [0, 0.1) is 6.92 Å². The van der Waals surface area contributed by atoms with Crippen LogP contribution >= 0.6 is 0 Å². The molecule has 0 saturated heterocycles. The lowest BCUT2D eigenvalue weighted by Gasteiger charge is -2.08. The van der Waals surface area contributed by atoms with E-state index in [9.17, 15) is 4.79 Å². The van der Waals surface area contributed by atoms with Crippen molar-refractivity contribution < 1.29 is 9.90 Å². The van der Waals surface area contributed by atoms with Gasteiger partial charge in [0.25, 0.3) is 0 Å². The molecule has 0 aliphatic rings. The van der Waals surface area contributed by atoms with E-state index >= 15 is 0 Å². The third-order valence-corrected chi connectivity index (χ3v) is 2.87. The minimum Gasteiger partial charge on any atom is -0.476 e. The molecular formula is C13H15N3O2. The smallest absolute Gasteiger partial charge is 0.356 e. The van der Waals surface area contributed by atoms with Gasteiger partial charge in [-0.1, -0.05) is 24.3 Å². The lowest BCUT2D eigenvalue weighted by atomic mass is 10.1. The summed E-state index contributed by atoms with van der Waals surface area (Å²) in [5.74, 6) is -0.984. The molecule has 1 aromatic heterocycles. The van der Waals surface area contributed by atoms with Crippen LogP contribution in [-0.2, 0) is 13.6 Å². The molecular weight excluding hydrogens is 230 g/mol. The van der Waals surface area contributed by atoms with E-state index < -0.39 is 5.97 Å². The molecule has 0 amide bonds. The van der Waals surface area contributed by atoms with Crippen LogP contribution in [0.5, 0.6) is 0 Å². The lowest BCUT2D eigenvalue weighted by Crippen LogP contribution is -2.10. The number of carbonyl (C=O) groups is 1. The second kappa shape index (κ2) is 4.91. The second-order valence-corrected chi connectivity index (χ2v) is 4.12. The molecule has 0 aliphatic carbocycles. The third kappa shape index (κ3) is 2.34. The molecule has 2 rings (SSSR count). The van der Waals surface area contributed by atoms with Gasteiger partial charge in [0.05, 0.1) is 11.9 Å². The molecule has 5 nitrogen and oxygen atoms in total. The van der Waals surface area contributed by atoms with Gasteiger partial charge in [-0.15, -0.1) is 0 Å². The highest BCUT2D eigenvalue weighted by Crippen LogP contribution is 2.16. The third-order valence-electron chi connectivity index (χ3n) is 2.87. The normalized spacial score (nSPS) is 10.3. The van der Waals surface area contributed by atoms with Crippen molar-refractivity contribution in [2.75, 3.05) is 5.32 Å². The molecule has 2 N–H and O–H groups in total. The van der Waals surface area contributed by atoms with Crippen LogP contribution < -0.4 is 5.32 Å². The number of nitrogens with zero attached hydrogens (tertiary/aromatic N) is 2. The van der Waals surface area contributed by atoms with E-state index in [0.29, 0.717) is 12.2 Å². The predicted molar refractivity (Wildman–Crippen MR) is 68.7 cm³/mol. The zero-order valence-electron chi connectivity index (χ0n) is 10.3. The molecule has 0 saturated carbocycles. The van der Waals surface area contributed by atoms with Gasteiger partial charge < -0.3 is 10.4 Å². The number of benzene rings is 1. The zero-order chi connectivity index (χ0) is 13.1. The van der Waals surface area contributed by atoms with E-state index in [1.807, 2.05) is 31.2 Å². The van der Waals surface area contributed by atoms with E-state index in [1.165, 1.54) is 16.4 Å². The summed E-state index contributed by atoms with van der Waals surface area (Å²) < 4.78 is 1.35. The minimum absolute atomic E-state index is 0.170. The monoisotopic (exact) mass is 245 g/mol. The molecule has 0 aliphatic heterocycles.